The zero-order valence-corrected chi connectivity index (χ0v) is 14.1. The minimum Gasteiger partial charge on any atom is -0.478 e. The van der Waals surface area contributed by atoms with E-state index in [9.17, 15) is 14.7 Å². The largest absolute Gasteiger partial charge is 0.478 e. The van der Waals surface area contributed by atoms with Crippen LogP contribution in [0.3, 0.4) is 0 Å². The molecule has 1 fully saturated rings. The van der Waals surface area contributed by atoms with Crippen molar-refractivity contribution in [2.45, 2.75) is 6.54 Å². The van der Waals surface area contributed by atoms with Crippen molar-refractivity contribution in [2.24, 2.45) is 0 Å². The van der Waals surface area contributed by atoms with Gasteiger partial charge in [0.1, 0.15) is 6.61 Å². The third-order valence-electron chi connectivity index (χ3n) is 4.15. The Balaban J connectivity index is 1.83. The molecule has 136 valence electrons. The van der Waals surface area contributed by atoms with E-state index < -0.39 is 12.1 Å². The SMILES string of the molecule is O=C(O)c1ccccc1-n1nc(-c2ccncc2)nc1CN1CCOC1=O. The Hall–Kier alpha value is -3.75. The predicted octanol–water partition coefficient (Wildman–Crippen LogP) is 1.98. The lowest BCUT2D eigenvalue weighted by molar-refractivity contribution is 0.0696. The van der Waals surface area contributed by atoms with Crippen molar-refractivity contribution in [3.05, 3.63) is 60.2 Å². The number of cyclic esters (lactones) is 1. The summed E-state index contributed by atoms with van der Waals surface area (Å²) < 4.78 is 6.43. The van der Waals surface area contributed by atoms with E-state index in [-0.39, 0.29) is 12.1 Å². The van der Waals surface area contributed by atoms with Gasteiger partial charge in [0.15, 0.2) is 11.6 Å². The molecular weight excluding hydrogens is 350 g/mol. The number of aromatic nitrogens is 4. The van der Waals surface area contributed by atoms with Crippen LogP contribution < -0.4 is 0 Å². The number of carboxylic acids is 1. The molecule has 1 aliphatic heterocycles. The van der Waals surface area contributed by atoms with Crippen molar-refractivity contribution in [1.82, 2.24) is 24.6 Å². The van der Waals surface area contributed by atoms with Crippen LogP contribution in [-0.2, 0) is 11.3 Å². The summed E-state index contributed by atoms with van der Waals surface area (Å²) in [6.07, 6.45) is 2.82. The van der Waals surface area contributed by atoms with Gasteiger partial charge in [0, 0.05) is 18.0 Å². The first-order valence-electron chi connectivity index (χ1n) is 8.24. The fourth-order valence-electron chi connectivity index (χ4n) is 2.84. The molecule has 0 atom stereocenters. The Morgan fingerprint density at radius 3 is 2.67 bits per heavy atom. The lowest BCUT2D eigenvalue weighted by Crippen LogP contribution is -2.25. The minimum atomic E-state index is -1.07. The molecule has 1 aromatic carbocycles. The highest BCUT2D eigenvalue weighted by molar-refractivity contribution is 5.91. The second kappa shape index (κ2) is 6.87. The molecule has 0 bridgehead atoms. The molecule has 27 heavy (non-hydrogen) atoms. The van der Waals surface area contributed by atoms with Crippen LogP contribution in [0, 0.1) is 0 Å². The van der Waals surface area contributed by atoms with E-state index in [2.05, 4.69) is 15.1 Å². The fourth-order valence-corrected chi connectivity index (χ4v) is 2.84. The van der Waals surface area contributed by atoms with E-state index >= 15 is 0 Å². The molecule has 0 spiro atoms. The number of nitrogens with zero attached hydrogens (tertiary/aromatic N) is 5. The summed E-state index contributed by atoms with van der Waals surface area (Å²) in [5.41, 5.74) is 1.20. The molecule has 1 aliphatic rings. The highest BCUT2D eigenvalue weighted by Gasteiger charge is 2.26. The molecule has 0 saturated carbocycles. The smallest absolute Gasteiger partial charge is 0.410 e. The molecule has 2 aromatic heterocycles. The van der Waals surface area contributed by atoms with Gasteiger partial charge in [0.05, 0.1) is 24.3 Å². The maximum Gasteiger partial charge on any atom is 0.410 e. The monoisotopic (exact) mass is 365 g/mol. The number of ether oxygens (including phenoxy) is 1. The van der Waals surface area contributed by atoms with Crippen LogP contribution in [-0.4, -0.2) is 55.0 Å². The Morgan fingerprint density at radius 1 is 1.19 bits per heavy atom. The summed E-state index contributed by atoms with van der Waals surface area (Å²) in [6, 6.07) is 10.0. The van der Waals surface area contributed by atoms with Gasteiger partial charge in [-0.2, -0.15) is 0 Å². The van der Waals surface area contributed by atoms with Crippen LogP contribution in [0.5, 0.6) is 0 Å². The van der Waals surface area contributed by atoms with Gasteiger partial charge in [-0.05, 0) is 24.3 Å². The summed E-state index contributed by atoms with van der Waals surface area (Å²) in [5, 5.41) is 14.0. The topological polar surface area (TPSA) is 110 Å². The summed E-state index contributed by atoms with van der Waals surface area (Å²) in [5.74, 6) is -0.215. The highest BCUT2D eigenvalue weighted by atomic mass is 16.6. The first-order chi connectivity index (χ1) is 13.1. The van der Waals surface area contributed by atoms with Crippen LogP contribution in [0.1, 0.15) is 16.2 Å². The number of aromatic carboxylic acids is 1. The number of benzene rings is 1. The zero-order chi connectivity index (χ0) is 18.8. The van der Waals surface area contributed by atoms with E-state index in [4.69, 9.17) is 4.74 Å². The summed E-state index contributed by atoms with van der Waals surface area (Å²) in [7, 11) is 0. The fraction of sp³-hybridized carbons (Fsp3) is 0.167. The van der Waals surface area contributed by atoms with E-state index in [1.165, 1.54) is 15.6 Å². The Kier molecular flexibility index (Phi) is 4.25. The Labute approximate surface area is 153 Å². The first-order valence-corrected chi connectivity index (χ1v) is 8.24. The Bertz CT molecular complexity index is 1000. The van der Waals surface area contributed by atoms with Crippen LogP contribution in [0.4, 0.5) is 4.79 Å². The average molecular weight is 365 g/mol. The number of hydrogen-bond acceptors (Lipinski definition) is 6. The molecule has 4 rings (SSSR count). The van der Waals surface area contributed by atoms with E-state index in [1.807, 2.05) is 0 Å². The molecule has 0 unspecified atom stereocenters. The number of amides is 1. The molecule has 1 saturated heterocycles. The third-order valence-corrected chi connectivity index (χ3v) is 4.15. The quantitative estimate of drug-likeness (QED) is 0.736. The molecule has 9 nitrogen and oxygen atoms in total. The Morgan fingerprint density at radius 2 is 1.96 bits per heavy atom. The van der Waals surface area contributed by atoms with E-state index in [0.717, 1.165) is 5.56 Å². The number of rotatable bonds is 5. The predicted molar refractivity (Wildman–Crippen MR) is 93.3 cm³/mol. The third kappa shape index (κ3) is 3.22. The van der Waals surface area contributed by atoms with Gasteiger partial charge in [-0.15, -0.1) is 5.10 Å². The van der Waals surface area contributed by atoms with Crippen molar-refractivity contribution in [2.75, 3.05) is 13.2 Å². The van der Waals surface area contributed by atoms with Crippen LogP contribution in [0.15, 0.2) is 48.8 Å². The van der Waals surface area contributed by atoms with Crippen LogP contribution in [0.25, 0.3) is 17.1 Å². The summed E-state index contributed by atoms with van der Waals surface area (Å²) >= 11 is 0. The standard InChI is InChI=1S/C18H15N5O4/c24-17(25)13-3-1-2-4-14(13)23-15(11-22-9-10-27-18(22)26)20-16(21-23)12-5-7-19-8-6-12/h1-8H,9-11H2,(H,24,25). The maximum absolute atomic E-state index is 11.8. The lowest BCUT2D eigenvalue weighted by atomic mass is 10.2. The number of para-hydroxylation sites is 1. The van der Waals surface area contributed by atoms with Crippen molar-refractivity contribution >= 4 is 12.1 Å². The van der Waals surface area contributed by atoms with Crippen LogP contribution >= 0.6 is 0 Å². The van der Waals surface area contributed by atoms with Gasteiger partial charge in [-0.1, -0.05) is 12.1 Å². The normalized spacial score (nSPS) is 13.6. The summed E-state index contributed by atoms with van der Waals surface area (Å²) in [6.45, 7) is 0.914. The van der Waals surface area contributed by atoms with Crippen molar-refractivity contribution < 1.29 is 19.4 Å². The molecule has 9 heteroatoms. The number of carbonyl (C=O) groups excluding carboxylic acids is 1. The second-order valence-electron chi connectivity index (χ2n) is 5.86. The van der Waals surface area contributed by atoms with Gasteiger partial charge in [0.25, 0.3) is 0 Å². The van der Waals surface area contributed by atoms with Gasteiger partial charge in [-0.3, -0.25) is 9.88 Å². The molecular formula is C18H15N5O4. The number of carbonyl (C=O) groups is 2. The van der Waals surface area contributed by atoms with Gasteiger partial charge in [0.2, 0.25) is 0 Å². The molecule has 3 aromatic rings. The zero-order valence-electron chi connectivity index (χ0n) is 14.1. The lowest BCUT2D eigenvalue weighted by Gasteiger charge is -2.13. The second-order valence-corrected chi connectivity index (χ2v) is 5.86. The highest BCUT2D eigenvalue weighted by Crippen LogP contribution is 2.22. The van der Waals surface area contributed by atoms with Crippen molar-refractivity contribution in [3.8, 4) is 17.1 Å². The van der Waals surface area contributed by atoms with Gasteiger partial charge < -0.3 is 9.84 Å². The average Bonchev–Trinajstić information content (AvgIpc) is 3.29. The van der Waals surface area contributed by atoms with Crippen LogP contribution in [0.2, 0.25) is 0 Å². The molecule has 0 radical (unpaired) electrons. The van der Waals surface area contributed by atoms with Crippen molar-refractivity contribution in [3.63, 3.8) is 0 Å². The van der Waals surface area contributed by atoms with Gasteiger partial charge in [-0.25, -0.2) is 19.3 Å². The number of carboxylic acid groups (broad SMARTS) is 1. The first kappa shape index (κ1) is 16.7. The molecule has 1 N–H and O–H groups in total. The maximum atomic E-state index is 11.8. The summed E-state index contributed by atoms with van der Waals surface area (Å²) in [4.78, 5) is 33.5. The minimum absolute atomic E-state index is 0.0916. The number of pyridine rings is 1. The molecule has 1 amide bonds. The van der Waals surface area contributed by atoms with E-state index in [1.54, 1.807) is 42.7 Å². The molecule has 0 aliphatic carbocycles. The van der Waals surface area contributed by atoms with E-state index in [0.29, 0.717) is 30.5 Å². The molecule has 3 heterocycles. The van der Waals surface area contributed by atoms with Crippen molar-refractivity contribution in [1.29, 1.82) is 0 Å². The van der Waals surface area contributed by atoms with Gasteiger partial charge >= 0.3 is 12.1 Å². The number of hydrogen-bond donors (Lipinski definition) is 1.